The van der Waals surface area contributed by atoms with Crippen molar-refractivity contribution in [2.45, 2.75) is 44.2 Å². The lowest BCUT2D eigenvalue weighted by molar-refractivity contribution is 0.287. The topological polar surface area (TPSA) is 106 Å². The second-order valence-corrected chi connectivity index (χ2v) is 8.29. The summed E-state index contributed by atoms with van der Waals surface area (Å²) < 4.78 is 13.3. The molecule has 1 aliphatic carbocycles. The van der Waals surface area contributed by atoms with Crippen LogP contribution in [0.25, 0.3) is 11.0 Å². The standard InChI is InChI=1S/C20H22ClFN8/c1-10(14-3-4-15-19(25-14)12(21)9-23-15)27-20(2)24-6-5-17(28-20)26-18-8-16(29-30-18)11-7-13(11)22/h3-6,8-11,13,23,27-28H,7H2,1-2H3,(H2,26,29,30)/t10-,11-,13?,20?/m0/s1. The number of nitrogens with zero attached hydrogens (tertiary/aromatic N) is 3. The Morgan fingerprint density at radius 1 is 1.37 bits per heavy atom. The molecule has 8 nitrogen and oxygen atoms in total. The molecule has 1 fully saturated rings. The van der Waals surface area contributed by atoms with Crippen molar-refractivity contribution in [1.82, 2.24) is 30.8 Å². The third kappa shape index (κ3) is 3.66. The number of hydrogen-bond donors (Lipinski definition) is 5. The van der Waals surface area contributed by atoms with E-state index in [9.17, 15) is 4.39 Å². The number of aromatic nitrogens is 4. The van der Waals surface area contributed by atoms with E-state index in [2.05, 4.69) is 41.1 Å². The van der Waals surface area contributed by atoms with Crippen LogP contribution in [0.1, 0.15) is 43.6 Å². The predicted molar refractivity (Wildman–Crippen MR) is 115 cm³/mol. The minimum Gasteiger partial charge on any atom is -0.358 e. The molecule has 0 saturated heterocycles. The number of alkyl halides is 1. The highest BCUT2D eigenvalue weighted by Crippen LogP contribution is 2.43. The number of anilines is 1. The average Bonchev–Trinajstić information content (AvgIpc) is 3.09. The molecule has 1 aliphatic heterocycles. The summed E-state index contributed by atoms with van der Waals surface area (Å²) in [4.78, 5) is 12.3. The van der Waals surface area contributed by atoms with Gasteiger partial charge in [0.25, 0.3) is 0 Å². The van der Waals surface area contributed by atoms with Crippen LogP contribution in [0.4, 0.5) is 10.2 Å². The number of hydrogen-bond acceptors (Lipinski definition) is 6. The van der Waals surface area contributed by atoms with Gasteiger partial charge in [0.2, 0.25) is 0 Å². The van der Waals surface area contributed by atoms with Gasteiger partial charge < -0.3 is 15.6 Å². The van der Waals surface area contributed by atoms with Gasteiger partial charge in [-0.1, -0.05) is 11.6 Å². The molecule has 2 unspecified atom stereocenters. The van der Waals surface area contributed by atoms with Gasteiger partial charge in [0.15, 0.2) is 11.6 Å². The first-order valence-electron chi connectivity index (χ1n) is 9.81. The Balaban J connectivity index is 1.26. The highest BCUT2D eigenvalue weighted by molar-refractivity contribution is 6.35. The van der Waals surface area contributed by atoms with Gasteiger partial charge in [0, 0.05) is 30.1 Å². The summed E-state index contributed by atoms with van der Waals surface area (Å²) >= 11 is 6.20. The van der Waals surface area contributed by atoms with E-state index in [4.69, 9.17) is 11.6 Å². The van der Waals surface area contributed by atoms with Crippen molar-refractivity contribution in [3.63, 3.8) is 0 Å². The van der Waals surface area contributed by atoms with Crippen molar-refractivity contribution in [2.75, 3.05) is 5.32 Å². The minimum atomic E-state index is -0.764. The SMILES string of the molecule is C[C@H](NC1(C)N=CC=C(Nc2cc([C@H]3CC3F)[nH]n2)N1)c1ccc2[nH]cc(Cl)c2n1. The summed E-state index contributed by atoms with van der Waals surface area (Å²) in [5.41, 5.74) is 3.31. The molecule has 0 radical (unpaired) electrons. The molecular weight excluding hydrogens is 407 g/mol. The van der Waals surface area contributed by atoms with Crippen molar-refractivity contribution in [3.8, 4) is 0 Å². The van der Waals surface area contributed by atoms with Crippen LogP contribution in [-0.4, -0.2) is 38.3 Å². The molecule has 10 heteroatoms. The van der Waals surface area contributed by atoms with Crippen molar-refractivity contribution >= 4 is 34.7 Å². The molecule has 0 spiro atoms. The fraction of sp³-hybridized carbons (Fsp3) is 0.350. The maximum Gasteiger partial charge on any atom is 0.183 e. The highest BCUT2D eigenvalue weighted by atomic mass is 35.5. The quantitative estimate of drug-likeness (QED) is 0.411. The first kappa shape index (κ1) is 19.1. The van der Waals surface area contributed by atoms with Gasteiger partial charge in [-0.15, -0.1) is 0 Å². The maximum absolute atomic E-state index is 13.3. The number of nitrogens with one attached hydrogen (secondary N) is 5. The predicted octanol–water partition coefficient (Wildman–Crippen LogP) is 3.72. The summed E-state index contributed by atoms with van der Waals surface area (Å²) in [6, 6.07) is 5.67. The zero-order chi connectivity index (χ0) is 20.9. The normalized spacial score (nSPS) is 26.3. The van der Waals surface area contributed by atoms with Crippen LogP contribution in [0.5, 0.6) is 0 Å². The smallest absolute Gasteiger partial charge is 0.183 e. The summed E-state index contributed by atoms with van der Waals surface area (Å²) in [6.45, 7) is 3.95. The first-order valence-corrected chi connectivity index (χ1v) is 10.2. The van der Waals surface area contributed by atoms with E-state index in [0.29, 0.717) is 17.3 Å². The second kappa shape index (κ2) is 7.10. The van der Waals surface area contributed by atoms with Crippen LogP contribution < -0.4 is 16.0 Å². The van der Waals surface area contributed by atoms with E-state index in [-0.39, 0.29) is 12.0 Å². The molecule has 3 aromatic heterocycles. The Kier molecular flexibility index (Phi) is 4.52. The Morgan fingerprint density at radius 2 is 2.20 bits per heavy atom. The summed E-state index contributed by atoms with van der Waals surface area (Å²) in [5.74, 6) is 0.543. The van der Waals surface area contributed by atoms with E-state index < -0.39 is 12.0 Å². The van der Waals surface area contributed by atoms with E-state index in [1.54, 1.807) is 12.4 Å². The van der Waals surface area contributed by atoms with Gasteiger partial charge >= 0.3 is 0 Å². The number of halogens is 2. The molecule has 30 heavy (non-hydrogen) atoms. The lowest BCUT2D eigenvalue weighted by atomic mass is 10.1. The Labute approximate surface area is 177 Å². The van der Waals surface area contributed by atoms with E-state index in [1.165, 1.54) is 0 Å². The molecular formula is C20H22ClFN8. The van der Waals surface area contributed by atoms with Gasteiger partial charge in [-0.2, -0.15) is 5.10 Å². The van der Waals surface area contributed by atoms with Crippen LogP contribution in [0.2, 0.25) is 5.02 Å². The second-order valence-electron chi connectivity index (χ2n) is 7.88. The number of aromatic amines is 2. The van der Waals surface area contributed by atoms with Crippen molar-refractivity contribution in [2.24, 2.45) is 4.99 Å². The highest BCUT2D eigenvalue weighted by Gasteiger charge is 2.40. The van der Waals surface area contributed by atoms with Crippen LogP contribution in [0.3, 0.4) is 0 Å². The van der Waals surface area contributed by atoms with E-state index in [1.807, 2.05) is 38.1 Å². The van der Waals surface area contributed by atoms with Crippen molar-refractivity contribution in [3.05, 3.63) is 52.7 Å². The fourth-order valence-corrected chi connectivity index (χ4v) is 3.88. The van der Waals surface area contributed by atoms with Gasteiger partial charge in [-0.25, -0.2) is 9.37 Å². The number of H-pyrrole nitrogens is 2. The van der Waals surface area contributed by atoms with Crippen LogP contribution in [0.15, 0.2) is 41.3 Å². The van der Waals surface area contributed by atoms with E-state index >= 15 is 0 Å². The molecule has 5 rings (SSSR count). The van der Waals surface area contributed by atoms with Gasteiger partial charge in [0.05, 0.1) is 22.3 Å². The van der Waals surface area contributed by atoms with Gasteiger partial charge in [0.1, 0.15) is 17.5 Å². The molecule has 0 aromatic carbocycles. The van der Waals surface area contributed by atoms with Crippen LogP contribution in [0, 0.1) is 0 Å². The lowest BCUT2D eigenvalue weighted by Gasteiger charge is -2.34. The summed E-state index contributed by atoms with van der Waals surface area (Å²) in [6.07, 6.45) is 5.07. The number of fused-ring (bicyclic) bond motifs is 1. The average molecular weight is 429 g/mol. The zero-order valence-corrected chi connectivity index (χ0v) is 17.3. The molecule has 5 N–H and O–H groups in total. The fourth-order valence-electron chi connectivity index (χ4n) is 3.68. The van der Waals surface area contributed by atoms with E-state index in [0.717, 1.165) is 28.2 Å². The number of rotatable bonds is 6. The minimum absolute atomic E-state index is 0.0611. The van der Waals surface area contributed by atoms with Gasteiger partial charge in [-0.3, -0.25) is 15.4 Å². The molecule has 2 aliphatic rings. The lowest BCUT2D eigenvalue weighted by Crippen LogP contribution is -2.55. The summed E-state index contributed by atoms with van der Waals surface area (Å²) in [7, 11) is 0. The third-order valence-electron chi connectivity index (χ3n) is 5.36. The number of pyridine rings is 1. The number of aliphatic imine (C=N–C) groups is 1. The first-order chi connectivity index (χ1) is 14.4. The van der Waals surface area contributed by atoms with Crippen molar-refractivity contribution < 1.29 is 4.39 Å². The molecule has 4 atom stereocenters. The molecule has 3 aromatic rings. The van der Waals surface area contributed by atoms with Crippen LogP contribution in [-0.2, 0) is 0 Å². The number of allylic oxidation sites excluding steroid dienone is 1. The van der Waals surface area contributed by atoms with Crippen LogP contribution >= 0.6 is 11.6 Å². The molecule has 0 bridgehead atoms. The summed E-state index contributed by atoms with van der Waals surface area (Å²) in [5, 5.41) is 17.7. The zero-order valence-electron chi connectivity index (χ0n) is 16.5. The van der Waals surface area contributed by atoms with Gasteiger partial charge in [-0.05, 0) is 38.5 Å². The molecule has 156 valence electrons. The molecule has 0 amide bonds. The Hall–Kier alpha value is -2.91. The largest absolute Gasteiger partial charge is 0.358 e. The monoisotopic (exact) mass is 428 g/mol. The third-order valence-corrected chi connectivity index (χ3v) is 5.65. The molecule has 1 saturated carbocycles. The Bertz CT molecular complexity index is 1150. The maximum atomic E-state index is 13.3. The van der Waals surface area contributed by atoms with Crippen molar-refractivity contribution in [1.29, 1.82) is 0 Å². The molecule has 4 heterocycles. The Morgan fingerprint density at radius 3 is 3.00 bits per heavy atom.